The third kappa shape index (κ3) is 3.93. The molecular formula is C22H17FN2OS. The number of carbonyl (C=O) groups is 1. The summed E-state index contributed by atoms with van der Waals surface area (Å²) in [7, 11) is 0. The van der Waals surface area contributed by atoms with Gasteiger partial charge in [0.15, 0.2) is 5.17 Å². The van der Waals surface area contributed by atoms with Crippen LogP contribution < -0.4 is 4.90 Å². The second-order valence-corrected chi connectivity index (χ2v) is 7.33. The molecule has 0 aliphatic carbocycles. The van der Waals surface area contributed by atoms with Crippen molar-refractivity contribution in [1.82, 2.24) is 0 Å². The zero-order valence-electron chi connectivity index (χ0n) is 14.5. The van der Waals surface area contributed by atoms with E-state index in [1.54, 1.807) is 11.0 Å². The van der Waals surface area contributed by atoms with E-state index in [2.05, 4.69) is 0 Å². The van der Waals surface area contributed by atoms with Gasteiger partial charge in [-0.25, -0.2) is 9.38 Å². The van der Waals surface area contributed by atoms with Crippen molar-refractivity contribution in [3.63, 3.8) is 0 Å². The number of amidine groups is 1. The van der Waals surface area contributed by atoms with Gasteiger partial charge >= 0.3 is 0 Å². The number of nitrogens with zero attached hydrogens (tertiary/aromatic N) is 2. The highest BCUT2D eigenvalue weighted by molar-refractivity contribution is 8.14. The third-order valence-electron chi connectivity index (χ3n) is 4.26. The number of rotatable bonds is 3. The van der Waals surface area contributed by atoms with Crippen molar-refractivity contribution in [2.75, 3.05) is 4.90 Å². The molecule has 1 amide bonds. The number of thioether (sulfide) groups is 1. The normalized spacial score (nSPS) is 18.7. The lowest BCUT2D eigenvalue weighted by Crippen LogP contribution is -2.40. The molecule has 0 N–H and O–H groups in total. The SMILES string of the molecule is O=C1C[C@H](c2cccc(F)c2)SC(=Nc2ccccc2)N1c1ccccc1. The molecule has 1 aliphatic rings. The van der Waals surface area contributed by atoms with Crippen molar-refractivity contribution in [2.24, 2.45) is 4.99 Å². The summed E-state index contributed by atoms with van der Waals surface area (Å²) in [5, 5.41) is 0.425. The van der Waals surface area contributed by atoms with Gasteiger partial charge in [0, 0.05) is 11.7 Å². The molecule has 0 saturated carbocycles. The first-order valence-corrected chi connectivity index (χ1v) is 9.52. The van der Waals surface area contributed by atoms with Crippen molar-refractivity contribution in [3.05, 3.63) is 96.3 Å². The van der Waals surface area contributed by atoms with Crippen LogP contribution in [-0.4, -0.2) is 11.1 Å². The summed E-state index contributed by atoms with van der Waals surface area (Å²) in [6, 6.07) is 25.4. The highest BCUT2D eigenvalue weighted by Crippen LogP contribution is 2.41. The Labute approximate surface area is 161 Å². The standard InChI is InChI=1S/C22H17FN2OS/c23-17-9-7-8-16(14-17)20-15-21(26)25(19-12-5-2-6-13-19)22(27-20)24-18-10-3-1-4-11-18/h1-14,20H,15H2/t20-/m1/s1. The van der Waals surface area contributed by atoms with Crippen LogP contribution in [0.5, 0.6) is 0 Å². The van der Waals surface area contributed by atoms with E-state index in [0.29, 0.717) is 5.17 Å². The minimum Gasteiger partial charge on any atom is -0.274 e. The number of anilines is 1. The first-order valence-electron chi connectivity index (χ1n) is 8.64. The number of hydrogen-bond donors (Lipinski definition) is 0. The van der Waals surface area contributed by atoms with Crippen molar-refractivity contribution in [3.8, 4) is 0 Å². The van der Waals surface area contributed by atoms with Gasteiger partial charge in [-0.05, 0) is 42.0 Å². The quantitative estimate of drug-likeness (QED) is 0.585. The van der Waals surface area contributed by atoms with E-state index in [-0.39, 0.29) is 23.4 Å². The number of benzene rings is 3. The van der Waals surface area contributed by atoms with E-state index >= 15 is 0 Å². The van der Waals surface area contributed by atoms with Crippen LogP contribution in [0.15, 0.2) is 89.9 Å². The average molecular weight is 376 g/mol. The smallest absolute Gasteiger partial charge is 0.234 e. The maximum absolute atomic E-state index is 13.7. The van der Waals surface area contributed by atoms with E-state index < -0.39 is 0 Å². The Hall–Kier alpha value is -2.92. The van der Waals surface area contributed by atoms with Gasteiger partial charge in [-0.2, -0.15) is 0 Å². The lowest BCUT2D eigenvalue weighted by atomic mass is 10.1. The summed E-state index contributed by atoms with van der Waals surface area (Å²) < 4.78 is 13.7. The molecule has 0 bridgehead atoms. The Bertz CT molecular complexity index is 976. The summed E-state index contributed by atoms with van der Waals surface area (Å²) in [5.41, 5.74) is 2.35. The van der Waals surface area contributed by atoms with Gasteiger partial charge in [0.05, 0.1) is 11.4 Å². The lowest BCUT2D eigenvalue weighted by molar-refractivity contribution is -0.117. The van der Waals surface area contributed by atoms with Gasteiger partial charge in [-0.15, -0.1) is 0 Å². The first-order chi connectivity index (χ1) is 13.2. The summed E-state index contributed by atoms with van der Waals surface area (Å²) in [5.74, 6) is -0.350. The molecule has 3 nitrogen and oxygen atoms in total. The molecule has 3 aromatic rings. The zero-order chi connectivity index (χ0) is 18.6. The van der Waals surface area contributed by atoms with Crippen molar-refractivity contribution in [2.45, 2.75) is 11.7 Å². The van der Waals surface area contributed by atoms with Crippen LogP contribution in [0.2, 0.25) is 0 Å². The lowest BCUT2D eigenvalue weighted by Gasteiger charge is -2.32. The maximum Gasteiger partial charge on any atom is 0.234 e. The minimum atomic E-state index is -0.299. The molecule has 3 aromatic carbocycles. The van der Waals surface area contributed by atoms with Crippen LogP contribution in [0.4, 0.5) is 15.8 Å². The predicted octanol–water partition coefficient (Wildman–Crippen LogP) is 5.72. The van der Waals surface area contributed by atoms with E-state index in [9.17, 15) is 9.18 Å². The number of halogens is 1. The van der Waals surface area contributed by atoms with E-state index in [1.165, 1.54) is 23.9 Å². The predicted molar refractivity (Wildman–Crippen MR) is 109 cm³/mol. The summed E-state index contributed by atoms with van der Waals surface area (Å²) in [6.45, 7) is 0. The molecule has 27 heavy (non-hydrogen) atoms. The average Bonchev–Trinajstić information content (AvgIpc) is 2.69. The molecule has 0 aromatic heterocycles. The second-order valence-electron chi connectivity index (χ2n) is 6.16. The van der Waals surface area contributed by atoms with Gasteiger partial charge < -0.3 is 0 Å². The molecule has 4 rings (SSSR count). The zero-order valence-corrected chi connectivity index (χ0v) is 15.3. The summed E-state index contributed by atoms with van der Waals surface area (Å²) >= 11 is 1.48. The van der Waals surface area contributed by atoms with E-state index in [1.807, 2.05) is 66.7 Å². The largest absolute Gasteiger partial charge is 0.274 e. The molecule has 1 atom stereocenters. The molecule has 1 fully saturated rings. The number of para-hydroxylation sites is 2. The van der Waals surface area contributed by atoms with Crippen LogP contribution in [0, 0.1) is 5.82 Å². The molecular weight excluding hydrogens is 359 g/mol. The number of hydrogen-bond acceptors (Lipinski definition) is 3. The Balaban J connectivity index is 1.75. The minimum absolute atomic E-state index is 0.0520. The fourth-order valence-corrected chi connectivity index (χ4v) is 4.23. The first kappa shape index (κ1) is 17.5. The monoisotopic (exact) mass is 376 g/mol. The van der Waals surface area contributed by atoms with Gasteiger partial charge in [-0.3, -0.25) is 9.69 Å². The molecule has 1 heterocycles. The van der Waals surface area contributed by atoms with Gasteiger partial charge in [0.2, 0.25) is 5.91 Å². The molecule has 1 saturated heterocycles. The Kier molecular flexibility index (Phi) is 5.03. The second kappa shape index (κ2) is 7.76. The molecule has 1 aliphatic heterocycles. The van der Waals surface area contributed by atoms with E-state index in [0.717, 1.165) is 16.9 Å². The fourth-order valence-electron chi connectivity index (χ4n) is 2.99. The molecule has 0 radical (unpaired) electrons. The topological polar surface area (TPSA) is 32.7 Å². The highest BCUT2D eigenvalue weighted by atomic mass is 32.2. The Morgan fingerprint density at radius 3 is 2.33 bits per heavy atom. The number of amides is 1. The third-order valence-corrected chi connectivity index (χ3v) is 5.47. The summed E-state index contributed by atoms with van der Waals surface area (Å²) in [6.07, 6.45) is 0.289. The van der Waals surface area contributed by atoms with Crippen molar-refractivity contribution in [1.29, 1.82) is 0 Å². The van der Waals surface area contributed by atoms with Crippen molar-refractivity contribution < 1.29 is 9.18 Å². The van der Waals surface area contributed by atoms with Crippen LogP contribution in [0.3, 0.4) is 0 Å². The van der Waals surface area contributed by atoms with Crippen LogP contribution in [0.1, 0.15) is 17.2 Å². The van der Waals surface area contributed by atoms with Crippen LogP contribution in [0.25, 0.3) is 0 Å². The van der Waals surface area contributed by atoms with Gasteiger partial charge in [0.1, 0.15) is 5.82 Å². The molecule has 0 spiro atoms. The van der Waals surface area contributed by atoms with Gasteiger partial charge in [0.25, 0.3) is 0 Å². The molecule has 0 unspecified atom stereocenters. The Morgan fingerprint density at radius 2 is 1.63 bits per heavy atom. The van der Waals surface area contributed by atoms with Crippen LogP contribution in [-0.2, 0) is 4.79 Å². The van der Waals surface area contributed by atoms with Crippen LogP contribution >= 0.6 is 11.8 Å². The molecule has 134 valence electrons. The number of aliphatic imine (C=N–C) groups is 1. The Morgan fingerprint density at radius 1 is 0.926 bits per heavy atom. The molecule has 5 heteroatoms. The maximum atomic E-state index is 13.7. The van der Waals surface area contributed by atoms with Gasteiger partial charge in [-0.1, -0.05) is 60.3 Å². The van der Waals surface area contributed by atoms with E-state index in [4.69, 9.17) is 4.99 Å². The van der Waals surface area contributed by atoms with Crippen molar-refractivity contribution >= 4 is 34.2 Å². The highest BCUT2D eigenvalue weighted by Gasteiger charge is 2.34. The summed E-state index contributed by atoms with van der Waals surface area (Å²) in [4.78, 5) is 19.4. The number of carbonyl (C=O) groups excluding carboxylic acids is 1. The fraction of sp³-hybridized carbons (Fsp3) is 0.0909.